The second kappa shape index (κ2) is 13.6. The second-order valence-corrected chi connectivity index (χ2v) is 8.50. The van der Waals surface area contributed by atoms with E-state index in [0.717, 1.165) is 5.75 Å². The Bertz CT molecular complexity index is 1230. The molecule has 0 spiro atoms. The van der Waals surface area contributed by atoms with Crippen LogP contribution in [0.3, 0.4) is 0 Å². The normalized spacial score (nSPS) is 10.2. The molecule has 3 rings (SSSR count). The smallest absolute Gasteiger partial charge is 0.269 e. The number of hydrazine groups is 1. The van der Waals surface area contributed by atoms with E-state index in [1.165, 1.54) is 0 Å². The Morgan fingerprint density at radius 2 is 1.43 bits per heavy atom. The van der Waals surface area contributed by atoms with Crippen LogP contribution in [0, 0.1) is 5.92 Å². The standard InChI is InChI=1S/C27H28N4O5S/c1-18(2)24(32)28-20-14-12-19(13-15-20)25(33)30-31-27(37)29-26(34)22-10-6-7-11-23(22)36-17-16-35-21-8-4-3-5-9-21/h3-15,18H,16-17H2,1-2H3,(H,28,32)(H,30,33)(H2,29,31,34,37). The summed E-state index contributed by atoms with van der Waals surface area (Å²) in [7, 11) is 0. The summed E-state index contributed by atoms with van der Waals surface area (Å²) < 4.78 is 11.3. The van der Waals surface area contributed by atoms with E-state index in [4.69, 9.17) is 21.7 Å². The van der Waals surface area contributed by atoms with Crippen molar-refractivity contribution in [1.29, 1.82) is 0 Å². The number of ether oxygens (including phenoxy) is 2. The molecule has 0 unspecified atom stereocenters. The lowest BCUT2D eigenvalue weighted by Crippen LogP contribution is -2.48. The Labute approximate surface area is 220 Å². The third-order valence-electron chi connectivity index (χ3n) is 4.94. The molecule has 0 heterocycles. The van der Waals surface area contributed by atoms with Crippen molar-refractivity contribution >= 4 is 40.7 Å². The zero-order valence-corrected chi connectivity index (χ0v) is 21.3. The third kappa shape index (κ3) is 8.62. The fraction of sp³-hybridized carbons (Fsp3) is 0.185. The topological polar surface area (TPSA) is 118 Å². The van der Waals surface area contributed by atoms with Crippen LogP contribution < -0.4 is 31.0 Å². The molecule has 4 N–H and O–H groups in total. The van der Waals surface area contributed by atoms with Crippen LogP contribution in [0.5, 0.6) is 11.5 Å². The highest BCUT2D eigenvalue weighted by molar-refractivity contribution is 7.80. The van der Waals surface area contributed by atoms with Crippen molar-refractivity contribution in [2.45, 2.75) is 13.8 Å². The van der Waals surface area contributed by atoms with Gasteiger partial charge in [0.1, 0.15) is 24.7 Å². The molecule has 37 heavy (non-hydrogen) atoms. The SMILES string of the molecule is CC(C)C(=O)Nc1ccc(C(=O)NNC(=S)NC(=O)c2ccccc2OCCOc2ccccc2)cc1. The van der Waals surface area contributed by atoms with Crippen LogP contribution in [0.4, 0.5) is 5.69 Å². The number of benzene rings is 3. The van der Waals surface area contributed by atoms with Crippen molar-refractivity contribution in [2.24, 2.45) is 5.92 Å². The molecular formula is C27H28N4O5S. The number of para-hydroxylation sites is 2. The van der Waals surface area contributed by atoms with Crippen LogP contribution in [-0.2, 0) is 4.79 Å². The van der Waals surface area contributed by atoms with Crippen LogP contribution >= 0.6 is 12.2 Å². The Morgan fingerprint density at radius 3 is 2.14 bits per heavy atom. The molecule has 10 heteroatoms. The summed E-state index contributed by atoms with van der Waals surface area (Å²) in [5, 5.41) is 5.16. The first kappa shape index (κ1) is 27.2. The molecule has 0 saturated carbocycles. The van der Waals surface area contributed by atoms with Crippen LogP contribution in [0.15, 0.2) is 78.9 Å². The Hall–Kier alpha value is -4.44. The summed E-state index contributed by atoms with van der Waals surface area (Å²) in [5.41, 5.74) is 6.12. The summed E-state index contributed by atoms with van der Waals surface area (Å²) in [6.45, 7) is 4.12. The van der Waals surface area contributed by atoms with Gasteiger partial charge in [-0.05, 0) is 60.7 Å². The van der Waals surface area contributed by atoms with Crippen LogP contribution in [0.1, 0.15) is 34.6 Å². The maximum atomic E-state index is 12.7. The van der Waals surface area contributed by atoms with E-state index in [1.54, 1.807) is 62.4 Å². The molecular weight excluding hydrogens is 492 g/mol. The summed E-state index contributed by atoms with van der Waals surface area (Å²) >= 11 is 5.13. The van der Waals surface area contributed by atoms with Gasteiger partial charge in [-0.25, -0.2) is 0 Å². The Balaban J connectivity index is 1.46. The summed E-state index contributed by atoms with van der Waals surface area (Å²) in [4.78, 5) is 36.9. The second-order valence-electron chi connectivity index (χ2n) is 8.09. The van der Waals surface area contributed by atoms with E-state index < -0.39 is 11.8 Å². The van der Waals surface area contributed by atoms with Gasteiger partial charge in [-0.2, -0.15) is 0 Å². The Morgan fingerprint density at radius 1 is 0.784 bits per heavy atom. The monoisotopic (exact) mass is 520 g/mol. The van der Waals surface area contributed by atoms with Crippen molar-refractivity contribution < 1.29 is 23.9 Å². The third-order valence-corrected chi connectivity index (χ3v) is 5.14. The molecule has 0 bridgehead atoms. The minimum atomic E-state index is -0.503. The molecule has 192 valence electrons. The number of hydrogen-bond donors (Lipinski definition) is 4. The molecule has 3 amide bonds. The van der Waals surface area contributed by atoms with Crippen molar-refractivity contribution in [2.75, 3.05) is 18.5 Å². The van der Waals surface area contributed by atoms with Gasteiger partial charge in [0.15, 0.2) is 5.11 Å². The molecule has 0 atom stereocenters. The van der Waals surface area contributed by atoms with Gasteiger partial charge in [-0.1, -0.05) is 44.2 Å². The molecule has 0 aromatic heterocycles. The zero-order chi connectivity index (χ0) is 26.6. The molecule has 0 saturated heterocycles. The van der Waals surface area contributed by atoms with E-state index in [0.29, 0.717) is 23.6 Å². The average Bonchev–Trinajstić information content (AvgIpc) is 2.91. The highest BCUT2D eigenvalue weighted by atomic mass is 32.1. The number of carbonyl (C=O) groups excluding carboxylic acids is 3. The minimum Gasteiger partial charge on any atom is -0.490 e. The van der Waals surface area contributed by atoms with Gasteiger partial charge >= 0.3 is 0 Å². The fourth-order valence-corrected chi connectivity index (χ4v) is 3.13. The van der Waals surface area contributed by atoms with Gasteiger partial charge < -0.3 is 14.8 Å². The molecule has 0 radical (unpaired) electrons. The highest BCUT2D eigenvalue weighted by Crippen LogP contribution is 2.18. The van der Waals surface area contributed by atoms with Gasteiger partial charge in [0.2, 0.25) is 5.91 Å². The quantitative estimate of drug-likeness (QED) is 0.193. The van der Waals surface area contributed by atoms with Gasteiger partial charge in [0.25, 0.3) is 11.8 Å². The highest BCUT2D eigenvalue weighted by Gasteiger charge is 2.14. The lowest BCUT2D eigenvalue weighted by molar-refractivity contribution is -0.118. The van der Waals surface area contributed by atoms with E-state index in [9.17, 15) is 14.4 Å². The molecule has 0 aliphatic heterocycles. The van der Waals surface area contributed by atoms with E-state index >= 15 is 0 Å². The van der Waals surface area contributed by atoms with E-state index in [-0.39, 0.29) is 29.1 Å². The lowest BCUT2D eigenvalue weighted by atomic mass is 10.1. The van der Waals surface area contributed by atoms with Crippen LogP contribution in [0.2, 0.25) is 0 Å². The summed E-state index contributed by atoms with van der Waals surface area (Å²) in [5.74, 6) is -0.155. The first-order chi connectivity index (χ1) is 17.8. The first-order valence-corrected chi connectivity index (χ1v) is 12.0. The van der Waals surface area contributed by atoms with Crippen molar-refractivity contribution in [3.05, 3.63) is 90.0 Å². The largest absolute Gasteiger partial charge is 0.490 e. The molecule has 3 aromatic rings. The number of thiocarbonyl (C=S) groups is 1. The summed E-state index contributed by atoms with van der Waals surface area (Å²) in [6.07, 6.45) is 0. The number of carbonyl (C=O) groups is 3. The molecule has 3 aromatic carbocycles. The number of nitrogens with one attached hydrogen (secondary N) is 4. The van der Waals surface area contributed by atoms with Crippen molar-refractivity contribution in [3.8, 4) is 11.5 Å². The van der Waals surface area contributed by atoms with Crippen molar-refractivity contribution in [3.63, 3.8) is 0 Å². The van der Waals surface area contributed by atoms with Crippen LogP contribution in [0.25, 0.3) is 0 Å². The fourth-order valence-electron chi connectivity index (χ4n) is 2.99. The number of anilines is 1. The predicted octanol–water partition coefficient (Wildman–Crippen LogP) is 3.69. The predicted molar refractivity (Wildman–Crippen MR) is 144 cm³/mol. The summed E-state index contributed by atoms with van der Waals surface area (Å²) in [6, 6.07) is 22.4. The molecule has 0 aliphatic carbocycles. The maximum Gasteiger partial charge on any atom is 0.269 e. The van der Waals surface area contributed by atoms with Gasteiger partial charge in [-0.3, -0.25) is 30.6 Å². The average molecular weight is 521 g/mol. The lowest BCUT2D eigenvalue weighted by Gasteiger charge is -2.14. The molecule has 0 aliphatic rings. The van der Waals surface area contributed by atoms with Crippen LogP contribution in [-0.4, -0.2) is 36.0 Å². The number of amides is 3. The van der Waals surface area contributed by atoms with E-state index in [2.05, 4.69) is 21.5 Å². The van der Waals surface area contributed by atoms with Crippen molar-refractivity contribution in [1.82, 2.24) is 16.2 Å². The minimum absolute atomic E-state index is 0.0959. The van der Waals surface area contributed by atoms with Gasteiger partial charge in [-0.15, -0.1) is 0 Å². The first-order valence-electron chi connectivity index (χ1n) is 11.6. The number of hydrogen-bond acceptors (Lipinski definition) is 6. The Kier molecular flexibility index (Phi) is 9.98. The molecule has 0 fully saturated rings. The zero-order valence-electron chi connectivity index (χ0n) is 20.4. The number of rotatable bonds is 9. The van der Waals surface area contributed by atoms with E-state index in [1.807, 2.05) is 30.3 Å². The van der Waals surface area contributed by atoms with Gasteiger partial charge in [0, 0.05) is 17.2 Å². The molecule has 9 nitrogen and oxygen atoms in total. The maximum absolute atomic E-state index is 12.7. The van der Waals surface area contributed by atoms with Gasteiger partial charge in [0.05, 0.1) is 5.56 Å².